The molecule has 0 bridgehead atoms. The molecule has 2 fully saturated rings. The lowest BCUT2D eigenvalue weighted by atomic mass is 9.92. The van der Waals surface area contributed by atoms with E-state index in [9.17, 15) is 25.5 Å². The first-order valence-electron chi connectivity index (χ1n) is 7.12. The Morgan fingerprint density at radius 2 is 1.52 bits per heavy atom. The van der Waals surface area contributed by atoms with E-state index in [4.69, 9.17) is 14.2 Å². The van der Waals surface area contributed by atoms with Gasteiger partial charge in [-0.15, -0.1) is 0 Å². The summed E-state index contributed by atoms with van der Waals surface area (Å²) in [7, 11) is 0. The van der Waals surface area contributed by atoms with E-state index in [1.165, 1.54) is 0 Å². The molecule has 124 valence electrons. The minimum Gasteiger partial charge on any atom is -0.388 e. The molecule has 2 aliphatic heterocycles. The van der Waals surface area contributed by atoms with Crippen molar-refractivity contribution >= 4 is 0 Å². The van der Waals surface area contributed by atoms with E-state index in [-0.39, 0.29) is 19.1 Å². The lowest BCUT2D eigenvalue weighted by Crippen LogP contribution is -2.59. The van der Waals surface area contributed by atoms with E-state index in [1.54, 1.807) is 0 Å². The zero-order valence-corrected chi connectivity index (χ0v) is 12.1. The fourth-order valence-electron chi connectivity index (χ4n) is 2.60. The van der Waals surface area contributed by atoms with Crippen LogP contribution in [0, 0.1) is 5.92 Å². The summed E-state index contributed by atoms with van der Waals surface area (Å²) in [5.74, 6) is 0.0316. The SMILES string of the molecule is CC(C)[C@@H]1OC[C@@H](O[C@@H]2OC[C@@H](O)[C@H](O)[C@H]2O)[C@H](O)[C@H]1O. The molecule has 2 rings (SSSR count). The molecule has 0 radical (unpaired) electrons. The molecule has 0 saturated carbocycles. The van der Waals surface area contributed by atoms with E-state index in [1.807, 2.05) is 13.8 Å². The van der Waals surface area contributed by atoms with Gasteiger partial charge in [0.2, 0.25) is 0 Å². The van der Waals surface area contributed by atoms with Crippen LogP contribution >= 0.6 is 0 Å². The van der Waals surface area contributed by atoms with E-state index >= 15 is 0 Å². The Hall–Kier alpha value is -0.320. The van der Waals surface area contributed by atoms with Crippen LogP contribution in [0.4, 0.5) is 0 Å². The van der Waals surface area contributed by atoms with Gasteiger partial charge in [0.05, 0.1) is 19.3 Å². The Bertz CT molecular complexity index is 338. The Labute approximate surface area is 122 Å². The van der Waals surface area contributed by atoms with Gasteiger partial charge in [0.1, 0.15) is 36.6 Å². The van der Waals surface area contributed by atoms with Crippen LogP contribution in [-0.4, -0.2) is 87.8 Å². The second-order valence-corrected chi connectivity index (χ2v) is 5.95. The predicted octanol–water partition coefficient (Wildman–Crippen LogP) is -2.41. The maximum atomic E-state index is 10.1. The van der Waals surface area contributed by atoms with Crippen LogP contribution in [0.1, 0.15) is 13.8 Å². The summed E-state index contributed by atoms with van der Waals surface area (Å²) in [6.07, 6.45) is -8.91. The molecular weight excluding hydrogens is 284 g/mol. The van der Waals surface area contributed by atoms with Gasteiger partial charge in [0, 0.05) is 0 Å². The van der Waals surface area contributed by atoms with Crippen molar-refractivity contribution < 1.29 is 39.7 Å². The second-order valence-electron chi connectivity index (χ2n) is 5.95. The van der Waals surface area contributed by atoms with Crippen molar-refractivity contribution in [2.45, 2.75) is 62.9 Å². The summed E-state index contributed by atoms with van der Waals surface area (Å²) < 4.78 is 16.0. The fourth-order valence-corrected chi connectivity index (χ4v) is 2.60. The second kappa shape index (κ2) is 6.84. The number of rotatable bonds is 3. The molecule has 2 saturated heterocycles. The monoisotopic (exact) mass is 308 g/mol. The normalized spacial score (nSPS) is 48.6. The molecule has 2 heterocycles. The van der Waals surface area contributed by atoms with Crippen LogP contribution in [0.15, 0.2) is 0 Å². The molecule has 0 amide bonds. The van der Waals surface area contributed by atoms with E-state index in [2.05, 4.69) is 0 Å². The van der Waals surface area contributed by atoms with Crippen LogP contribution in [0.3, 0.4) is 0 Å². The van der Waals surface area contributed by atoms with Crippen molar-refractivity contribution in [2.75, 3.05) is 13.2 Å². The van der Waals surface area contributed by atoms with Crippen molar-refractivity contribution in [3.05, 3.63) is 0 Å². The molecule has 0 aliphatic carbocycles. The Morgan fingerprint density at radius 1 is 0.857 bits per heavy atom. The molecule has 8 nitrogen and oxygen atoms in total. The molecule has 0 aromatic rings. The molecule has 0 aromatic carbocycles. The van der Waals surface area contributed by atoms with E-state index in [0.717, 1.165) is 0 Å². The lowest BCUT2D eigenvalue weighted by molar-refractivity contribution is -0.311. The van der Waals surface area contributed by atoms with Gasteiger partial charge in [-0.3, -0.25) is 0 Å². The third-order valence-electron chi connectivity index (χ3n) is 3.94. The summed E-state index contributed by atoms with van der Waals surface area (Å²) >= 11 is 0. The molecule has 0 aromatic heterocycles. The highest BCUT2D eigenvalue weighted by Crippen LogP contribution is 2.26. The molecular formula is C13H24O8. The zero-order valence-electron chi connectivity index (χ0n) is 12.1. The number of aliphatic hydroxyl groups is 5. The minimum absolute atomic E-state index is 0.0316. The maximum Gasteiger partial charge on any atom is 0.186 e. The van der Waals surface area contributed by atoms with Crippen LogP contribution in [0.5, 0.6) is 0 Å². The van der Waals surface area contributed by atoms with Crippen molar-refractivity contribution in [3.8, 4) is 0 Å². The van der Waals surface area contributed by atoms with Crippen LogP contribution < -0.4 is 0 Å². The minimum atomic E-state index is -1.44. The first-order chi connectivity index (χ1) is 9.82. The first kappa shape index (κ1) is 17.0. The van der Waals surface area contributed by atoms with Gasteiger partial charge in [-0.25, -0.2) is 0 Å². The largest absolute Gasteiger partial charge is 0.388 e. The fraction of sp³-hybridized carbons (Fsp3) is 1.00. The van der Waals surface area contributed by atoms with Crippen molar-refractivity contribution in [1.29, 1.82) is 0 Å². The Morgan fingerprint density at radius 3 is 2.14 bits per heavy atom. The highest BCUT2D eigenvalue weighted by molar-refractivity contribution is 4.90. The van der Waals surface area contributed by atoms with Gasteiger partial charge >= 0.3 is 0 Å². The highest BCUT2D eigenvalue weighted by Gasteiger charge is 2.45. The van der Waals surface area contributed by atoms with Crippen molar-refractivity contribution in [1.82, 2.24) is 0 Å². The van der Waals surface area contributed by atoms with Crippen molar-refractivity contribution in [2.24, 2.45) is 5.92 Å². The van der Waals surface area contributed by atoms with Crippen LogP contribution in [0.2, 0.25) is 0 Å². The predicted molar refractivity (Wildman–Crippen MR) is 69.2 cm³/mol. The summed E-state index contributed by atoms with van der Waals surface area (Å²) in [5.41, 5.74) is 0. The summed E-state index contributed by atoms with van der Waals surface area (Å²) in [4.78, 5) is 0. The standard InChI is InChI=1S/C13H24O8/c1-5(2)12-10(17)9(16)7(4-19-12)21-13-11(18)8(15)6(14)3-20-13/h5-18H,3-4H2,1-2H3/t6-,7-,8+,9+,10-,11-,12+,13+/m1/s1. The number of ether oxygens (including phenoxy) is 3. The van der Waals surface area contributed by atoms with Crippen LogP contribution in [0.25, 0.3) is 0 Å². The van der Waals surface area contributed by atoms with Gasteiger partial charge in [0.15, 0.2) is 6.29 Å². The highest BCUT2D eigenvalue weighted by atomic mass is 16.7. The molecule has 0 unspecified atom stereocenters. The smallest absolute Gasteiger partial charge is 0.186 e. The van der Waals surface area contributed by atoms with E-state index in [0.29, 0.717) is 0 Å². The lowest BCUT2D eigenvalue weighted by Gasteiger charge is -2.42. The number of aliphatic hydroxyl groups excluding tert-OH is 5. The summed E-state index contributed by atoms with van der Waals surface area (Å²) in [6.45, 7) is 3.58. The average Bonchev–Trinajstić information content (AvgIpc) is 2.44. The summed E-state index contributed by atoms with van der Waals surface area (Å²) in [5, 5.41) is 48.8. The molecule has 8 atom stereocenters. The zero-order chi connectivity index (χ0) is 15.7. The topological polar surface area (TPSA) is 129 Å². The van der Waals surface area contributed by atoms with Gasteiger partial charge in [-0.05, 0) is 5.92 Å². The van der Waals surface area contributed by atoms with Gasteiger partial charge < -0.3 is 39.7 Å². The molecule has 21 heavy (non-hydrogen) atoms. The van der Waals surface area contributed by atoms with Crippen LogP contribution in [-0.2, 0) is 14.2 Å². The van der Waals surface area contributed by atoms with Gasteiger partial charge in [0.25, 0.3) is 0 Å². The van der Waals surface area contributed by atoms with E-state index < -0.39 is 49.0 Å². The first-order valence-corrected chi connectivity index (χ1v) is 7.12. The van der Waals surface area contributed by atoms with Gasteiger partial charge in [-0.2, -0.15) is 0 Å². The third-order valence-corrected chi connectivity index (χ3v) is 3.94. The number of hydrogen-bond donors (Lipinski definition) is 5. The maximum absolute atomic E-state index is 10.1. The molecule has 8 heteroatoms. The molecule has 0 spiro atoms. The summed E-state index contributed by atoms with van der Waals surface area (Å²) in [6, 6.07) is 0. The van der Waals surface area contributed by atoms with Gasteiger partial charge in [-0.1, -0.05) is 13.8 Å². The quantitative estimate of drug-likeness (QED) is 0.390. The Kier molecular flexibility index (Phi) is 5.55. The third kappa shape index (κ3) is 3.54. The molecule has 2 aliphatic rings. The number of hydrogen-bond acceptors (Lipinski definition) is 8. The van der Waals surface area contributed by atoms with Crippen molar-refractivity contribution in [3.63, 3.8) is 0 Å². The molecule has 5 N–H and O–H groups in total. The average molecular weight is 308 g/mol. The Balaban J connectivity index is 1.94.